The van der Waals surface area contributed by atoms with Gasteiger partial charge in [-0.2, -0.15) is 4.98 Å². The van der Waals surface area contributed by atoms with Gasteiger partial charge in [0.1, 0.15) is 0 Å². The van der Waals surface area contributed by atoms with Crippen LogP contribution in [0.15, 0.2) is 4.52 Å². The topological polar surface area (TPSA) is 64.9 Å². The molecule has 0 amide bonds. The Bertz CT molecular complexity index is 271. The molecule has 0 aliphatic heterocycles. The maximum absolute atomic E-state index is 5.90. The number of nitrogens with two attached hydrogens (primary N) is 1. The molecule has 0 saturated heterocycles. The van der Waals surface area contributed by atoms with E-state index in [-0.39, 0.29) is 6.04 Å². The van der Waals surface area contributed by atoms with Crippen molar-refractivity contribution in [3.8, 4) is 0 Å². The first kappa shape index (κ1) is 7.73. The van der Waals surface area contributed by atoms with Gasteiger partial charge in [-0.25, -0.2) is 0 Å². The second-order valence-corrected chi connectivity index (χ2v) is 3.37. The summed E-state index contributed by atoms with van der Waals surface area (Å²) in [6.07, 6.45) is 3.36. The highest BCUT2D eigenvalue weighted by atomic mass is 16.5. The average Bonchev–Trinajstić information content (AvgIpc) is 2.58. The molecule has 1 aromatic heterocycles. The Balaban J connectivity index is 2.19. The Kier molecular flexibility index (Phi) is 1.84. The number of rotatable bonds is 1. The van der Waals surface area contributed by atoms with Crippen LogP contribution < -0.4 is 5.73 Å². The van der Waals surface area contributed by atoms with E-state index in [1.54, 1.807) is 6.92 Å². The van der Waals surface area contributed by atoms with Gasteiger partial charge in [0.05, 0.1) is 0 Å². The molecule has 1 aromatic rings. The van der Waals surface area contributed by atoms with Crippen LogP contribution in [0, 0.1) is 6.92 Å². The van der Waals surface area contributed by atoms with Crippen molar-refractivity contribution in [3.05, 3.63) is 11.7 Å². The van der Waals surface area contributed by atoms with E-state index in [0.29, 0.717) is 11.8 Å². The molecule has 2 rings (SSSR count). The maximum atomic E-state index is 5.90. The first-order valence-electron chi connectivity index (χ1n) is 4.33. The first-order chi connectivity index (χ1) is 5.77. The molecule has 12 heavy (non-hydrogen) atoms. The minimum absolute atomic E-state index is 0.224. The molecule has 0 unspecified atom stereocenters. The van der Waals surface area contributed by atoms with E-state index in [9.17, 15) is 0 Å². The van der Waals surface area contributed by atoms with Crippen LogP contribution in [0.25, 0.3) is 0 Å². The van der Waals surface area contributed by atoms with Crippen molar-refractivity contribution < 1.29 is 4.52 Å². The molecule has 0 spiro atoms. The van der Waals surface area contributed by atoms with Crippen LogP contribution in [0.3, 0.4) is 0 Å². The van der Waals surface area contributed by atoms with Crippen LogP contribution in [-0.2, 0) is 0 Å². The lowest BCUT2D eigenvalue weighted by atomic mass is 10.0. The predicted molar refractivity (Wildman–Crippen MR) is 43.6 cm³/mol. The number of nitrogens with zero attached hydrogens (tertiary/aromatic N) is 2. The van der Waals surface area contributed by atoms with Crippen LogP contribution in [0.1, 0.15) is 36.9 Å². The number of aromatic nitrogens is 2. The summed E-state index contributed by atoms with van der Waals surface area (Å²) in [5.74, 6) is 1.74. The molecule has 2 atom stereocenters. The molecule has 0 radical (unpaired) electrons. The van der Waals surface area contributed by atoms with E-state index in [4.69, 9.17) is 10.3 Å². The highest BCUT2D eigenvalue weighted by Crippen LogP contribution is 2.31. The molecule has 1 aliphatic rings. The Labute approximate surface area is 71.1 Å². The van der Waals surface area contributed by atoms with Crippen molar-refractivity contribution in [2.75, 3.05) is 0 Å². The quantitative estimate of drug-likeness (QED) is 0.677. The monoisotopic (exact) mass is 167 g/mol. The second kappa shape index (κ2) is 2.86. The van der Waals surface area contributed by atoms with Crippen LogP contribution in [0.2, 0.25) is 0 Å². The van der Waals surface area contributed by atoms with Gasteiger partial charge in [-0.3, -0.25) is 0 Å². The molecule has 66 valence electrons. The van der Waals surface area contributed by atoms with Crippen molar-refractivity contribution in [1.29, 1.82) is 0 Å². The van der Waals surface area contributed by atoms with Gasteiger partial charge in [0, 0.05) is 18.9 Å². The Morgan fingerprint density at radius 1 is 1.50 bits per heavy atom. The average molecular weight is 167 g/mol. The van der Waals surface area contributed by atoms with Crippen LogP contribution >= 0.6 is 0 Å². The Morgan fingerprint density at radius 2 is 2.33 bits per heavy atom. The van der Waals surface area contributed by atoms with Crippen molar-refractivity contribution in [3.63, 3.8) is 0 Å². The lowest BCUT2D eigenvalue weighted by molar-refractivity contribution is 0.381. The summed E-state index contributed by atoms with van der Waals surface area (Å²) in [6.45, 7) is 1.80. The molecule has 0 bridgehead atoms. The third kappa shape index (κ3) is 1.22. The summed E-state index contributed by atoms with van der Waals surface area (Å²) >= 11 is 0. The lowest BCUT2D eigenvalue weighted by Gasteiger charge is -2.09. The molecular formula is C8H13N3O. The maximum Gasteiger partial charge on any atom is 0.223 e. The Hall–Kier alpha value is -0.900. The number of hydrogen-bond acceptors (Lipinski definition) is 4. The van der Waals surface area contributed by atoms with E-state index in [2.05, 4.69) is 10.1 Å². The highest BCUT2D eigenvalue weighted by molar-refractivity contribution is 5.02. The smallest absolute Gasteiger partial charge is 0.223 e. The zero-order valence-electron chi connectivity index (χ0n) is 7.16. The summed E-state index contributed by atoms with van der Waals surface area (Å²) in [6, 6.07) is 0.224. The molecule has 1 fully saturated rings. The summed E-state index contributed by atoms with van der Waals surface area (Å²) < 4.78 is 4.91. The van der Waals surface area contributed by atoms with Gasteiger partial charge in [-0.05, 0) is 12.8 Å². The molecule has 2 N–H and O–H groups in total. The lowest BCUT2D eigenvalue weighted by Crippen LogP contribution is -2.23. The van der Waals surface area contributed by atoms with Gasteiger partial charge >= 0.3 is 0 Å². The van der Waals surface area contributed by atoms with Crippen molar-refractivity contribution in [2.45, 2.75) is 38.1 Å². The zero-order chi connectivity index (χ0) is 8.55. The zero-order valence-corrected chi connectivity index (χ0v) is 7.16. The fraction of sp³-hybridized carbons (Fsp3) is 0.750. The molecule has 1 saturated carbocycles. The minimum Gasteiger partial charge on any atom is -0.340 e. The predicted octanol–water partition coefficient (Wildman–Crippen LogP) is 0.973. The van der Waals surface area contributed by atoms with E-state index in [1.807, 2.05) is 0 Å². The van der Waals surface area contributed by atoms with E-state index in [1.165, 1.54) is 6.42 Å². The van der Waals surface area contributed by atoms with Gasteiger partial charge in [-0.1, -0.05) is 11.6 Å². The van der Waals surface area contributed by atoms with Crippen molar-refractivity contribution in [1.82, 2.24) is 10.1 Å². The normalized spacial score (nSPS) is 29.5. The van der Waals surface area contributed by atoms with Crippen LogP contribution in [0.4, 0.5) is 0 Å². The third-order valence-corrected chi connectivity index (χ3v) is 2.44. The molecule has 4 heteroatoms. The van der Waals surface area contributed by atoms with E-state index in [0.717, 1.165) is 18.7 Å². The molecule has 0 aromatic carbocycles. The fourth-order valence-electron chi connectivity index (χ4n) is 1.77. The van der Waals surface area contributed by atoms with Crippen molar-refractivity contribution >= 4 is 0 Å². The number of hydrogen-bond donors (Lipinski definition) is 1. The third-order valence-electron chi connectivity index (χ3n) is 2.44. The molecular weight excluding hydrogens is 154 g/mol. The standard InChI is InChI=1S/C8H13N3O/c1-5-10-8(11-12-5)6-3-2-4-7(6)9/h6-7H,2-4,9H2,1H3/t6-,7+/m1/s1. The minimum atomic E-state index is 0.224. The summed E-state index contributed by atoms with van der Waals surface area (Å²) in [5, 5.41) is 3.88. The largest absolute Gasteiger partial charge is 0.340 e. The summed E-state index contributed by atoms with van der Waals surface area (Å²) in [7, 11) is 0. The van der Waals surface area contributed by atoms with Crippen molar-refractivity contribution in [2.24, 2.45) is 5.73 Å². The van der Waals surface area contributed by atoms with E-state index < -0.39 is 0 Å². The highest BCUT2D eigenvalue weighted by Gasteiger charge is 2.28. The van der Waals surface area contributed by atoms with Gasteiger partial charge < -0.3 is 10.3 Å². The van der Waals surface area contributed by atoms with E-state index >= 15 is 0 Å². The van der Waals surface area contributed by atoms with Crippen LogP contribution in [-0.4, -0.2) is 16.2 Å². The van der Waals surface area contributed by atoms with Crippen LogP contribution in [0.5, 0.6) is 0 Å². The number of aryl methyl sites for hydroxylation is 1. The Morgan fingerprint density at radius 3 is 2.83 bits per heavy atom. The van der Waals surface area contributed by atoms with Gasteiger partial charge in [0.25, 0.3) is 0 Å². The SMILES string of the molecule is Cc1nc([C@@H]2CCC[C@@H]2N)no1. The molecule has 1 heterocycles. The molecule has 1 aliphatic carbocycles. The fourth-order valence-corrected chi connectivity index (χ4v) is 1.77. The van der Waals surface area contributed by atoms with Gasteiger partial charge in [0.2, 0.25) is 5.89 Å². The van der Waals surface area contributed by atoms with Gasteiger partial charge in [0.15, 0.2) is 5.82 Å². The second-order valence-electron chi connectivity index (χ2n) is 3.37. The molecule has 4 nitrogen and oxygen atoms in total. The summed E-state index contributed by atoms with van der Waals surface area (Å²) in [5.41, 5.74) is 5.90. The van der Waals surface area contributed by atoms with Gasteiger partial charge in [-0.15, -0.1) is 0 Å². The first-order valence-corrected chi connectivity index (χ1v) is 4.33. The summed E-state index contributed by atoms with van der Waals surface area (Å²) in [4.78, 5) is 4.19.